The van der Waals surface area contributed by atoms with Gasteiger partial charge in [-0.1, -0.05) is 6.92 Å². The van der Waals surface area contributed by atoms with Crippen LogP contribution < -0.4 is 5.01 Å². The Kier molecular flexibility index (Phi) is 5.23. The standard InChI is InChI=1S/C17H25N5O2/c1-7-20(5)17(3,4)24-16(23)21(6)22-12-15(19-13(22)2)14-9-8-10-18-11-14/h8-12H,7H2,1-6H3. The van der Waals surface area contributed by atoms with Gasteiger partial charge in [-0.2, -0.15) is 0 Å². The van der Waals surface area contributed by atoms with Crippen LogP contribution >= 0.6 is 0 Å². The molecule has 130 valence electrons. The number of carbonyl (C=O) groups excluding carboxylic acids is 1. The molecule has 0 aromatic carbocycles. The molecule has 2 heterocycles. The predicted octanol–water partition coefficient (Wildman–Crippen LogP) is 2.65. The number of amides is 1. The molecule has 0 unspecified atom stereocenters. The second-order valence-electron chi connectivity index (χ2n) is 6.11. The van der Waals surface area contributed by atoms with Crippen LogP contribution in [0.4, 0.5) is 4.79 Å². The van der Waals surface area contributed by atoms with Gasteiger partial charge in [-0.25, -0.2) is 19.5 Å². The van der Waals surface area contributed by atoms with Crippen LogP contribution in [-0.4, -0.2) is 52.0 Å². The van der Waals surface area contributed by atoms with Crippen LogP contribution in [0, 0.1) is 6.92 Å². The van der Waals surface area contributed by atoms with E-state index in [0.29, 0.717) is 5.82 Å². The zero-order valence-corrected chi connectivity index (χ0v) is 15.1. The summed E-state index contributed by atoms with van der Waals surface area (Å²) < 4.78 is 7.30. The summed E-state index contributed by atoms with van der Waals surface area (Å²) in [6.45, 7) is 8.36. The van der Waals surface area contributed by atoms with Crippen LogP contribution in [0.15, 0.2) is 30.7 Å². The first-order valence-corrected chi connectivity index (χ1v) is 7.91. The lowest BCUT2D eigenvalue weighted by Crippen LogP contribution is -2.49. The summed E-state index contributed by atoms with van der Waals surface area (Å²) in [5.41, 5.74) is 0.957. The molecule has 0 bridgehead atoms. The Hall–Kier alpha value is -2.41. The molecule has 0 atom stereocenters. The summed E-state index contributed by atoms with van der Waals surface area (Å²) >= 11 is 0. The van der Waals surface area contributed by atoms with E-state index in [1.165, 1.54) is 5.01 Å². The van der Waals surface area contributed by atoms with Crippen molar-refractivity contribution in [2.75, 3.05) is 25.6 Å². The Morgan fingerprint density at radius 3 is 2.67 bits per heavy atom. The first-order valence-electron chi connectivity index (χ1n) is 7.91. The van der Waals surface area contributed by atoms with Crippen molar-refractivity contribution in [3.8, 4) is 11.3 Å². The van der Waals surface area contributed by atoms with E-state index in [9.17, 15) is 4.79 Å². The fourth-order valence-corrected chi connectivity index (χ4v) is 2.25. The van der Waals surface area contributed by atoms with Gasteiger partial charge in [0.15, 0.2) is 5.72 Å². The molecule has 1 amide bonds. The Morgan fingerprint density at radius 2 is 2.08 bits per heavy atom. The third kappa shape index (κ3) is 3.73. The third-order valence-electron chi connectivity index (χ3n) is 4.13. The number of ether oxygens (including phenoxy) is 1. The van der Waals surface area contributed by atoms with E-state index in [1.807, 2.05) is 51.8 Å². The number of imidazole rings is 1. The van der Waals surface area contributed by atoms with Crippen LogP contribution in [0.3, 0.4) is 0 Å². The first-order chi connectivity index (χ1) is 11.3. The van der Waals surface area contributed by atoms with Crippen LogP contribution in [-0.2, 0) is 4.74 Å². The smallest absolute Gasteiger partial charge is 0.427 e. The molecule has 24 heavy (non-hydrogen) atoms. The molecule has 7 nitrogen and oxygen atoms in total. The molecule has 0 fully saturated rings. The van der Waals surface area contributed by atoms with Crippen molar-refractivity contribution < 1.29 is 9.53 Å². The molecule has 0 saturated heterocycles. The second-order valence-corrected chi connectivity index (χ2v) is 6.11. The summed E-state index contributed by atoms with van der Waals surface area (Å²) in [4.78, 5) is 23.0. The molecule has 2 aromatic heterocycles. The molecule has 2 aromatic rings. The topological polar surface area (TPSA) is 63.5 Å². The normalized spacial score (nSPS) is 11.6. The van der Waals surface area contributed by atoms with Gasteiger partial charge in [0, 0.05) is 25.0 Å². The highest BCUT2D eigenvalue weighted by Gasteiger charge is 2.29. The number of hydrogen-bond acceptors (Lipinski definition) is 5. The minimum atomic E-state index is -0.694. The summed E-state index contributed by atoms with van der Waals surface area (Å²) in [5, 5.41) is 1.41. The molecule has 0 aliphatic carbocycles. The molecule has 0 spiro atoms. The van der Waals surface area contributed by atoms with Gasteiger partial charge in [0.05, 0.1) is 11.9 Å². The highest BCUT2D eigenvalue weighted by Crippen LogP contribution is 2.19. The zero-order valence-electron chi connectivity index (χ0n) is 15.1. The monoisotopic (exact) mass is 331 g/mol. The van der Waals surface area contributed by atoms with Crippen LogP contribution in [0.25, 0.3) is 11.3 Å². The fraction of sp³-hybridized carbons (Fsp3) is 0.471. The Bertz CT molecular complexity index is 696. The summed E-state index contributed by atoms with van der Waals surface area (Å²) in [6, 6.07) is 3.78. The van der Waals surface area contributed by atoms with Gasteiger partial charge in [-0.3, -0.25) is 9.88 Å². The molecular weight excluding hydrogens is 306 g/mol. The minimum absolute atomic E-state index is 0.446. The highest BCUT2D eigenvalue weighted by molar-refractivity contribution is 5.78. The quantitative estimate of drug-likeness (QED) is 0.788. The largest absolute Gasteiger partial charge is 0.430 e. The summed E-state index contributed by atoms with van der Waals surface area (Å²) in [7, 11) is 3.57. The lowest BCUT2D eigenvalue weighted by atomic mass is 10.2. The number of nitrogens with zero attached hydrogens (tertiary/aromatic N) is 5. The van der Waals surface area contributed by atoms with E-state index in [2.05, 4.69) is 9.97 Å². The maximum Gasteiger partial charge on any atom is 0.430 e. The van der Waals surface area contributed by atoms with Gasteiger partial charge in [0.2, 0.25) is 0 Å². The van der Waals surface area contributed by atoms with E-state index in [0.717, 1.165) is 17.8 Å². The first kappa shape index (κ1) is 17.9. The van der Waals surface area contributed by atoms with Crippen LogP contribution in [0.1, 0.15) is 26.6 Å². The molecule has 0 saturated carbocycles. The number of hydrogen-bond donors (Lipinski definition) is 0. The van der Waals surface area contributed by atoms with Crippen molar-refractivity contribution in [3.63, 3.8) is 0 Å². The maximum atomic E-state index is 12.5. The molecule has 0 aliphatic rings. The van der Waals surface area contributed by atoms with Gasteiger partial charge in [0.25, 0.3) is 0 Å². The maximum absolute atomic E-state index is 12.5. The van der Waals surface area contributed by atoms with Gasteiger partial charge in [-0.15, -0.1) is 0 Å². The van der Waals surface area contributed by atoms with Gasteiger partial charge >= 0.3 is 6.09 Å². The van der Waals surface area contributed by atoms with E-state index in [1.54, 1.807) is 30.3 Å². The predicted molar refractivity (Wildman–Crippen MR) is 93.2 cm³/mol. The summed E-state index contributed by atoms with van der Waals surface area (Å²) in [5.74, 6) is 0.690. The average Bonchev–Trinajstić information content (AvgIpc) is 2.95. The molecule has 0 N–H and O–H groups in total. The van der Waals surface area contributed by atoms with E-state index >= 15 is 0 Å². The van der Waals surface area contributed by atoms with Crippen molar-refractivity contribution in [1.29, 1.82) is 0 Å². The van der Waals surface area contributed by atoms with Crippen LogP contribution in [0.2, 0.25) is 0 Å². The lowest BCUT2D eigenvalue weighted by molar-refractivity contribution is -0.0690. The van der Waals surface area contributed by atoms with Crippen molar-refractivity contribution in [2.24, 2.45) is 0 Å². The zero-order chi connectivity index (χ0) is 17.9. The van der Waals surface area contributed by atoms with Crippen molar-refractivity contribution in [3.05, 3.63) is 36.5 Å². The molecule has 0 aliphatic heterocycles. The van der Waals surface area contributed by atoms with E-state index in [-0.39, 0.29) is 0 Å². The number of carbonyl (C=O) groups is 1. The van der Waals surface area contributed by atoms with Gasteiger partial charge in [-0.05, 0) is 46.5 Å². The Balaban J connectivity index is 2.19. The van der Waals surface area contributed by atoms with Crippen molar-refractivity contribution >= 4 is 6.09 Å². The molecule has 0 radical (unpaired) electrons. The number of pyridine rings is 1. The SMILES string of the molecule is CCN(C)C(C)(C)OC(=O)N(C)n1cc(-c2cccnc2)nc1C. The molecular formula is C17H25N5O2. The molecule has 7 heteroatoms. The van der Waals surface area contributed by atoms with Crippen molar-refractivity contribution in [1.82, 2.24) is 19.5 Å². The average molecular weight is 331 g/mol. The highest BCUT2D eigenvalue weighted by atomic mass is 16.6. The molecule has 2 rings (SSSR count). The number of aromatic nitrogens is 3. The van der Waals surface area contributed by atoms with E-state index in [4.69, 9.17) is 4.74 Å². The van der Waals surface area contributed by atoms with Crippen molar-refractivity contribution in [2.45, 2.75) is 33.4 Å². The third-order valence-corrected chi connectivity index (χ3v) is 4.13. The summed E-state index contributed by atoms with van der Waals surface area (Å²) in [6.07, 6.45) is 4.80. The van der Waals surface area contributed by atoms with E-state index < -0.39 is 11.8 Å². The minimum Gasteiger partial charge on any atom is -0.427 e. The van der Waals surface area contributed by atoms with Gasteiger partial charge in [0.1, 0.15) is 5.82 Å². The number of rotatable bonds is 5. The van der Waals surface area contributed by atoms with Crippen LogP contribution in [0.5, 0.6) is 0 Å². The Labute approximate surface area is 142 Å². The number of aryl methyl sites for hydroxylation is 1. The fourth-order valence-electron chi connectivity index (χ4n) is 2.25. The Morgan fingerprint density at radius 1 is 1.38 bits per heavy atom. The van der Waals surface area contributed by atoms with Gasteiger partial charge < -0.3 is 4.74 Å². The lowest BCUT2D eigenvalue weighted by Gasteiger charge is -2.35. The second kappa shape index (κ2) is 7.00.